The Morgan fingerprint density at radius 1 is 1.28 bits per heavy atom. The Balaban J connectivity index is 3.46. The quantitative estimate of drug-likeness (QED) is 0.437. The minimum Gasteiger partial charge on any atom is -0.380 e. The standard InChI is InChI=1S/C14H28N2O2/c1-5-6-10-18-11-9-15-13(4)14(17)16-8-7-12(2)3/h5,12-13,15H,1,6-11H2,2-4H3,(H,16,17). The molecular formula is C14H28N2O2. The molecule has 2 N–H and O–H groups in total. The van der Waals surface area contributed by atoms with Crippen LogP contribution in [0.4, 0.5) is 0 Å². The Kier molecular flexibility index (Phi) is 10.7. The number of carbonyl (C=O) groups is 1. The Morgan fingerprint density at radius 3 is 2.61 bits per heavy atom. The van der Waals surface area contributed by atoms with Crippen molar-refractivity contribution in [3.63, 3.8) is 0 Å². The van der Waals surface area contributed by atoms with Crippen molar-refractivity contribution in [1.29, 1.82) is 0 Å². The lowest BCUT2D eigenvalue weighted by Crippen LogP contribution is -2.43. The molecule has 0 bridgehead atoms. The third kappa shape index (κ3) is 10.3. The van der Waals surface area contributed by atoms with Gasteiger partial charge in [-0.15, -0.1) is 6.58 Å². The molecule has 0 aliphatic carbocycles. The highest BCUT2D eigenvalue weighted by Gasteiger charge is 2.10. The van der Waals surface area contributed by atoms with Crippen LogP contribution < -0.4 is 10.6 Å². The molecule has 0 heterocycles. The Labute approximate surface area is 111 Å². The minimum absolute atomic E-state index is 0.0572. The smallest absolute Gasteiger partial charge is 0.236 e. The molecule has 0 rings (SSSR count). The molecule has 1 unspecified atom stereocenters. The maximum Gasteiger partial charge on any atom is 0.236 e. The SMILES string of the molecule is C=CCCOCCNC(C)C(=O)NCCC(C)C. The van der Waals surface area contributed by atoms with Crippen molar-refractivity contribution in [1.82, 2.24) is 10.6 Å². The summed E-state index contributed by atoms with van der Waals surface area (Å²) in [5.41, 5.74) is 0. The van der Waals surface area contributed by atoms with E-state index in [1.54, 1.807) is 0 Å². The summed E-state index contributed by atoms with van der Waals surface area (Å²) < 4.78 is 5.35. The predicted molar refractivity (Wildman–Crippen MR) is 75.6 cm³/mol. The summed E-state index contributed by atoms with van der Waals surface area (Å²) in [6, 6.07) is -0.167. The second-order valence-electron chi connectivity index (χ2n) is 4.84. The Bertz CT molecular complexity index is 230. The van der Waals surface area contributed by atoms with E-state index < -0.39 is 0 Å². The molecule has 0 spiro atoms. The van der Waals surface area contributed by atoms with Crippen LogP contribution >= 0.6 is 0 Å². The van der Waals surface area contributed by atoms with Crippen molar-refractivity contribution >= 4 is 5.91 Å². The van der Waals surface area contributed by atoms with Gasteiger partial charge in [0.15, 0.2) is 0 Å². The van der Waals surface area contributed by atoms with Crippen LogP contribution in [0.3, 0.4) is 0 Å². The lowest BCUT2D eigenvalue weighted by Gasteiger charge is -2.14. The fourth-order valence-corrected chi connectivity index (χ4v) is 1.35. The van der Waals surface area contributed by atoms with Gasteiger partial charge in [-0.3, -0.25) is 4.79 Å². The van der Waals surface area contributed by atoms with Crippen LogP contribution in [-0.2, 0) is 9.53 Å². The van der Waals surface area contributed by atoms with Crippen molar-refractivity contribution in [3.05, 3.63) is 12.7 Å². The summed E-state index contributed by atoms with van der Waals surface area (Å²) in [6.07, 6.45) is 3.71. The summed E-state index contributed by atoms with van der Waals surface area (Å²) >= 11 is 0. The third-order valence-electron chi connectivity index (χ3n) is 2.58. The number of hydrogen-bond donors (Lipinski definition) is 2. The van der Waals surface area contributed by atoms with Crippen molar-refractivity contribution in [2.75, 3.05) is 26.3 Å². The first-order valence-electron chi connectivity index (χ1n) is 6.77. The van der Waals surface area contributed by atoms with Gasteiger partial charge in [0.2, 0.25) is 5.91 Å². The van der Waals surface area contributed by atoms with Gasteiger partial charge >= 0.3 is 0 Å². The summed E-state index contributed by atoms with van der Waals surface area (Å²) in [7, 11) is 0. The van der Waals surface area contributed by atoms with E-state index in [2.05, 4.69) is 31.1 Å². The Morgan fingerprint density at radius 2 is 2.00 bits per heavy atom. The molecule has 1 atom stereocenters. The third-order valence-corrected chi connectivity index (χ3v) is 2.58. The first-order chi connectivity index (χ1) is 8.57. The first kappa shape index (κ1) is 17.1. The van der Waals surface area contributed by atoms with E-state index in [9.17, 15) is 4.79 Å². The highest BCUT2D eigenvalue weighted by Crippen LogP contribution is 1.96. The maximum absolute atomic E-state index is 11.7. The average molecular weight is 256 g/mol. The fourth-order valence-electron chi connectivity index (χ4n) is 1.35. The van der Waals surface area contributed by atoms with Gasteiger partial charge in [0.25, 0.3) is 0 Å². The van der Waals surface area contributed by atoms with Crippen LogP contribution in [0.1, 0.15) is 33.6 Å². The van der Waals surface area contributed by atoms with Crippen molar-refractivity contribution in [2.45, 2.75) is 39.7 Å². The number of nitrogens with one attached hydrogen (secondary N) is 2. The van der Waals surface area contributed by atoms with Crippen molar-refractivity contribution < 1.29 is 9.53 Å². The summed E-state index contributed by atoms with van der Waals surface area (Å²) in [5.74, 6) is 0.675. The van der Waals surface area contributed by atoms with Crippen LogP contribution in [-0.4, -0.2) is 38.3 Å². The molecule has 18 heavy (non-hydrogen) atoms. The molecule has 0 aliphatic heterocycles. The van der Waals surface area contributed by atoms with E-state index in [0.29, 0.717) is 25.7 Å². The van der Waals surface area contributed by atoms with Gasteiger partial charge in [0, 0.05) is 13.1 Å². The van der Waals surface area contributed by atoms with E-state index in [0.717, 1.165) is 19.4 Å². The molecule has 0 aromatic rings. The molecule has 0 saturated heterocycles. The van der Waals surface area contributed by atoms with Gasteiger partial charge in [0.05, 0.1) is 19.3 Å². The van der Waals surface area contributed by atoms with Gasteiger partial charge in [-0.2, -0.15) is 0 Å². The lowest BCUT2D eigenvalue weighted by atomic mass is 10.1. The Hall–Kier alpha value is -0.870. The average Bonchev–Trinajstić information content (AvgIpc) is 2.32. The molecule has 106 valence electrons. The molecule has 0 aliphatic rings. The largest absolute Gasteiger partial charge is 0.380 e. The summed E-state index contributed by atoms with van der Waals surface area (Å²) in [4.78, 5) is 11.7. The van der Waals surface area contributed by atoms with Crippen molar-refractivity contribution in [3.8, 4) is 0 Å². The molecule has 0 radical (unpaired) electrons. The maximum atomic E-state index is 11.7. The topological polar surface area (TPSA) is 50.4 Å². The highest BCUT2D eigenvalue weighted by atomic mass is 16.5. The van der Waals surface area contributed by atoms with Gasteiger partial charge < -0.3 is 15.4 Å². The van der Waals surface area contributed by atoms with E-state index >= 15 is 0 Å². The van der Waals surface area contributed by atoms with Crippen LogP contribution in [0.15, 0.2) is 12.7 Å². The molecule has 0 fully saturated rings. The van der Waals surface area contributed by atoms with E-state index in [4.69, 9.17) is 4.74 Å². The zero-order valence-electron chi connectivity index (χ0n) is 12.0. The zero-order chi connectivity index (χ0) is 13.8. The predicted octanol–water partition coefficient (Wildman–Crippen LogP) is 1.72. The molecule has 1 amide bonds. The highest BCUT2D eigenvalue weighted by molar-refractivity contribution is 5.81. The number of rotatable bonds is 11. The van der Waals surface area contributed by atoms with Crippen LogP contribution in [0.25, 0.3) is 0 Å². The van der Waals surface area contributed by atoms with Gasteiger partial charge in [0.1, 0.15) is 0 Å². The second kappa shape index (κ2) is 11.2. The summed E-state index contributed by atoms with van der Waals surface area (Å²) in [5, 5.41) is 6.05. The molecule has 4 heteroatoms. The first-order valence-corrected chi connectivity index (χ1v) is 6.77. The number of hydrogen-bond acceptors (Lipinski definition) is 3. The second-order valence-corrected chi connectivity index (χ2v) is 4.84. The monoisotopic (exact) mass is 256 g/mol. The molecule has 0 aromatic carbocycles. The van der Waals surface area contributed by atoms with Crippen LogP contribution in [0.2, 0.25) is 0 Å². The van der Waals surface area contributed by atoms with Crippen LogP contribution in [0.5, 0.6) is 0 Å². The van der Waals surface area contributed by atoms with Crippen molar-refractivity contribution in [2.24, 2.45) is 5.92 Å². The van der Waals surface area contributed by atoms with E-state index in [1.807, 2.05) is 13.0 Å². The van der Waals surface area contributed by atoms with E-state index in [-0.39, 0.29) is 11.9 Å². The molecular weight excluding hydrogens is 228 g/mol. The van der Waals surface area contributed by atoms with Crippen LogP contribution in [0, 0.1) is 5.92 Å². The van der Waals surface area contributed by atoms with E-state index in [1.165, 1.54) is 0 Å². The molecule has 0 saturated carbocycles. The molecule has 4 nitrogen and oxygen atoms in total. The number of carbonyl (C=O) groups excluding carboxylic acids is 1. The summed E-state index contributed by atoms with van der Waals surface area (Å²) in [6.45, 7) is 12.5. The lowest BCUT2D eigenvalue weighted by molar-refractivity contribution is -0.122. The zero-order valence-corrected chi connectivity index (χ0v) is 12.0. The van der Waals surface area contributed by atoms with Gasteiger partial charge in [-0.05, 0) is 25.7 Å². The van der Waals surface area contributed by atoms with Gasteiger partial charge in [-0.1, -0.05) is 19.9 Å². The fraction of sp³-hybridized carbons (Fsp3) is 0.786. The number of amides is 1. The minimum atomic E-state index is -0.167. The molecule has 0 aromatic heterocycles. The normalized spacial score (nSPS) is 12.4. The van der Waals surface area contributed by atoms with Gasteiger partial charge in [-0.25, -0.2) is 0 Å². The number of ether oxygens (including phenoxy) is 1.